The van der Waals surface area contributed by atoms with Gasteiger partial charge in [0.05, 0.1) is 20.9 Å². The normalized spacial score (nSPS) is 11.5. The SMILES string of the molecule is CCOc1cc(/C=C(/C#N)C(=O)Nc2cc(Cl)ccc2Cl)cc(I)c1OS(=O)(=O)c1ccc(C)cc1. The highest BCUT2D eigenvalue weighted by Gasteiger charge is 2.22. The molecule has 1 N–H and O–H groups in total. The zero-order valence-corrected chi connectivity index (χ0v) is 23.5. The quantitative estimate of drug-likeness (QED) is 0.126. The lowest BCUT2D eigenvalue weighted by Gasteiger charge is -2.15. The van der Waals surface area contributed by atoms with Gasteiger partial charge >= 0.3 is 10.1 Å². The van der Waals surface area contributed by atoms with Crippen molar-refractivity contribution < 1.29 is 22.1 Å². The summed E-state index contributed by atoms with van der Waals surface area (Å²) in [6.45, 7) is 3.80. The second-order valence-corrected chi connectivity index (χ2v) is 10.9. The molecule has 11 heteroatoms. The monoisotopic (exact) mass is 656 g/mol. The second-order valence-electron chi connectivity index (χ2n) is 7.36. The van der Waals surface area contributed by atoms with Crippen molar-refractivity contribution in [2.45, 2.75) is 18.7 Å². The summed E-state index contributed by atoms with van der Waals surface area (Å²) >= 11 is 14.0. The molecular formula is C25H19Cl2IN2O5S. The number of halogens is 3. The van der Waals surface area contributed by atoms with Crippen molar-refractivity contribution in [1.82, 2.24) is 0 Å². The maximum atomic E-state index is 12.8. The first kappa shape index (κ1) is 27.8. The first-order valence-corrected chi connectivity index (χ1v) is 13.6. The van der Waals surface area contributed by atoms with E-state index in [9.17, 15) is 18.5 Å². The number of hydrogen-bond acceptors (Lipinski definition) is 6. The third kappa shape index (κ3) is 6.91. The molecule has 0 fully saturated rings. The summed E-state index contributed by atoms with van der Waals surface area (Å²) in [5.41, 5.74) is 1.37. The van der Waals surface area contributed by atoms with E-state index in [1.807, 2.05) is 35.6 Å². The van der Waals surface area contributed by atoms with Crippen molar-refractivity contribution in [2.75, 3.05) is 11.9 Å². The van der Waals surface area contributed by atoms with Crippen LogP contribution in [-0.4, -0.2) is 20.9 Å². The highest BCUT2D eigenvalue weighted by atomic mass is 127. The Bertz CT molecular complexity index is 1480. The van der Waals surface area contributed by atoms with E-state index >= 15 is 0 Å². The van der Waals surface area contributed by atoms with E-state index in [-0.39, 0.29) is 39.3 Å². The minimum absolute atomic E-state index is 0.00145. The average molecular weight is 657 g/mol. The van der Waals surface area contributed by atoms with Crippen LogP contribution < -0.4 is 14.2 Å². The van der Waals surface area contributed by atoms with Gasteiger partial charge in [0.25, 0.3) is 5.91 Å². The molecular weight excluding hydrogens is 638 g/mol. The lowest BCUT2D eigenvalue weighted by Crippen LogP contribution is -2.14. The number of amides is 1. The van der Waals surface area contributed by atoms with Crippen LogP contribution in [0.2, 0.25) is 10.0 Å². The van der Waals surface area contributed by atoms with Crippen molar-refractivity contribution in [1.29, 1.82) is 5.26 Å². The van der Waals surface area contributed by atoms with Gasteiger partial charge in [-0.3, -0.25) is 4.79 Å². The number of aryl methyl sites for hydroxylation is 1. The Morgan fingerprint density at radius 3 is 2.47 bits per heavy atom. The van der Waals surface area contributed by atoms with E-state index in [2.05, 4.69) is 5.32 Å². The van der Waals surface area contributed by atoms with Gasteiger partial charge in [-0.2, -0.15) is 13.7 Å². The Morgan fingerprint density at radius 1 is 1.14 bits per heavy atom. The van der Waals surface area contributed by atoms with Gasteiger partial charge in [0, 0.05) is 5.02 Å². The molecule has 0 aliphatic rings. The number of anilines is 1. The number of ether oxygens (including phenoxy) is 1. The van der Waals surface area contributed by atoms with Gasteiger partial charge in [-0.25, -0.2) is 0 Å². The van der Waals surface area contributed by atoms with Crippen LogP contribution in [0.25, 0.3) is 6.08 Å². The number of nitriles is 1. The molecule has 3 aromatic rings. The number of nitrogens with one attached hydrogen (secondary N) is 1. The summed E-state index contributed by atoms with van der Waals surface area (Å²) in [6.07, 6.45) is 1.34. The van der Waals surface area contributed by atoms with Gasteiger partial charge in [-0.15, -0.1) is 0 Å². The predicted molar refractivity (Wildman–Crippen MR) is 148 cm³/mol. The summed E-state index contributed by atoms with van der Waals surface area (Å²) < 4.78 is 37.1. The molecule has 0 saturated carbocycles. The molecule has 0 heterocycles. The molecule has 0 aliphatic carbocycles. The predicted octanol–water partition coefficient (Wildman–Crippen LogP) is 6.62. The zero-order chi connectivity index (χ0) is 26.5. The van der Waals surface area contributed by atoms with Gasteiger partial charge in [0.1, 0.15) is 16.5 Å². The van der Waals surface area contributed by atoms with E-state index in [4.69, 9.17) is 32.1 Å². The van der Waals surface area contributed by atoms with Gasteiger partial charge < -0.3 is 14.2 Å². The highest BCUT2D eigenvalue weighted by molar-refractivity contribution is 14.1. The minimum Gasteiger partial charge on any atom is -0.490 e. The third-order valence-electron chi connectivity index (χ3n) is 4.69. The Hall–Kier alpha value is -2.78. The summed E-state index contributed by atoms with van der Waals surface area (Å²) in [7, 11) is -4.13. The first-order chi connectivity index (χ1) is 17.0. The van der Waals surface area contributed by atoms with Crippen LogP contribution in [-0.2, 0) is 14.9 Å². The van der Waals surface area contributed by atoms with Gasteiger partial charge in [0.2, 0.25) is 0 Å². The largest absolute Gasteiger partial charge is 0.490 e. The molecule has 0 atom stereocenters. The number of carbonyl (C=O) groups is 1. The fourth-order valence-corrected chi connectivity index (χ4v) is 5.15. The number of benzene rings is 3. The molecule has 0 aliphatic heterocycles. The van der Waals surface area contributed by atoms with E-state index in [0.29, 0.717) is 14.2 Å². The molecule has 0 unspecified atom stereocenters. The first-order valence-electron chi connectivity index (χ1n) is 10.4. The summed E-state index contributed by atoms with van der Waals surface area (Å²) in [4.78, 5) is 12.7. The molecule has 0 bridgehead atoms. The second kappa shape index (κ2) is 12.0. The summed E-state index contributed by atoms with van der Waals surface area (Å²) in [5, 5.41) is 12.8. The van der Waals surface area contributed by atoms with Crippen molar-refractivity contribution in [2.24, 2.45) is 0 Å². The van der Waals surface area contributed by atoms with Crippen molar-refractivity contribution in [3.8, 4) is 17.6 Å². The summed E-state index contributed by atoms with van der Waals surface area (Å²) in [6, 6.07) is 15.7. The van der Waals surface area contributed by atoms with Crippen LogP contribution in [0.15, 0.2) is 65.1 Å². The Kier molecular flexibility index (Phi) is 9.24. The third-order valence-corrected chi connectivity index (χ3v) is 7.29. The lowest BCUT2D eigenvalue weighted by molar-refractivity contribution is -0.112. The van der Waals surface area contributed by atoms with E-state index in [1.54, 1.807) is 31.2 Å². The molecule has 3 rings (SSSR count). The van der Waals surface area contributed by atoms with Gasteiger partial charge in [0.15, 0.2) is 11.5 Å². The number of carbonyl (C=O) groups excluding carboxylic acids is 1. The highest BCUT2D eigenvalue weighted by Crippen LogP contribution is 2.37. The Labute approximate surface area is 232 Å². The van der Waals surface area contributed by atoms with Gasteiger partial charge in [-0.1, -0.05) is 40.9 Å². The van der Waals surface area contributed by atoms with Gasteiger partial charge in [-0.05, 0) is 90.5 Å². The smallest absolute Gasteiger partial charge is 0.339 e. The van der Waals surface area contributed by atoms with Crippen LogP contribution in [0, 0.1) is 21.8 Å². The Morgan fingerprint density at radius 2 is 1.83 bits per heavy atom. The molecule has 36 heavy (non-hydrogen) atoms. The molecule has 0 aromatic heterocycles. The van der Waals surface area contributed by atoms with Crippen LogP contribution in [0.5, 0.6) is 11.5 Å². The number of rotatable bonds is 8. The number of hydrogen-bond donors (Lipinski definition) is 1. The van der Waals surface area contributed by atoms with Crippen LogP contribution in [0.4, 0.5) is 5.69 Å². The van der Waals surface area contributed by atoms with Crippen LogP contribution >= 0.6 is 45.8 Å². The standard InChI is InChI=1S/C25H19Cl2IN2O5S/c1-3-34-23-12-16(10-17(14-29)25(31)30-22-13-18(26)6-9-20(22)27)11-21(28)24(23)35-36(32,33)19-7-4-15(2)5-8-19/h4-13H,3H2,1-2H3,(H,30,31)/b17-10-. The van der Waals surface area contributed by atoms with Crippen LogP contribution in [0.1, 0.15) is 18.1 Å². The molecule has 7 nitrogen and oxygen atoms in total. The Balaban J connectivity index is 1.95. The van der Waals surface area contributed by atoms with Crippen molar-refractivity contribution >= 4 is 73.6 Å². The van der Waals surface area contributed by atoms with Crippen molar-refractivity contribution in [3.05, 3.63) is 84.9 Å². The molecule has 0 radical (unpaired) electrons. The average Bonchev–Trinajstić information content (AvgIpc) is 2.82. The molecule has 1 amide bonds. The maximum Gasteiger partial charge on any atom is 0.339 e. The maximum absolute atomic E-state index is 12.8. The topological polar surface area (TPSA) is 105 Å². The fraction of sp³-hybridized carbons (Fsp3) is 0.120. The fourth-order valence-electron chi connectivity index (χ4n) is 2.98. The van der Waals surface area contributed by atoms with Crippen molar-refractivity contribution in [3.63, 3.8) is 0 Å². The zero-order valence-electron chi connectivity index (χ0n) is 19.0. The minimum atomic E-state index is -4.13. The van der Waals surface area contributed by atoms with Crippen LogP contribution in [0.3, 0.4) is 0 Å². The molecule has 0 spiro atoms. The molecule has 0 saturated heterocycles. The van der Waals surface area contributed by atoms with E-state index < -0.39 is 16.0 Å². The molecule has 3 aromatic carbocycles. The number of nitrogens with zero attached hydrogens (tertiary/aromatic N) is 1. The molecule has 186 valence electrons. The lowest BCUT2D eigenvalue weighted by atomic mass is 10.1. The van der Waals surface area contributed by atoms with E-state index in [0.717, 1.165) is 5.56 Å². The van der Waals surface area contributed by atoms with E-state index in [1.165, 1.54) is 36.4 Å². The summed E-state index contributed by atoms with van der Waals surface area (Å²) in [5.74, 6) is -0.553.